The Morgan fingerprint density at radius 3 is 2.40 bits per heavy atom. The highest BCUT2D eigenvalue weighted by atomic mass is 79.9. The van der Waals surface area contributed by atoms with Gasteiger partial charge in [0, 0.05) is 8.95 Å². The van der Waals surface area contributed by atoms with Gasteiger partial charge in [-0.2, -0.15) is 0 Å². The number of halogens is 2. The number of benzene rings is 1. The largest absolute Gasteiger partial charge is 0.0776 e. The van der Waals surface area contributed by atoms with Gasteiger partial charge in [-0.1, -0.05) is 7.43 Å². The first kappa shape index (κ1) is 11.7. The van der Waals surface area contributed by atoms with Crippen molar-refractivity contribution in [3.8, 4) is 0 Å². The summed E-state index contributed by atoms with van der Waals surface area (Å²) in [6, 6.07) is 2.25. The number of fused-ring (bicyclic) bond motifs is 5. The minimum absolute atomic E-state index is 0. The van der Waals surface area contributed by atoms with Gasteiger partial charge in [0.25, 0.3) is 0 Å². The second kappa shape index (κ2) is 3.89. The van der Waals surface area contributed by atoms with Crippen molar-refractivity contribution < 1.29 is 0 Å². The molecule has 1 fully saturated rings. The first-order valence-corrected chi connectivity index (χ1v) is 6.75. The van der Waals surface area contributed by atoms with Gasteiger partial charge in [0.05, 0.1) is 0 Å². The predicted molar refractivity (Wildman–Crippen MR) is 72.6 cm³/mol. The first-order chi connectivity index (χ1) is 6.68. The lowest BCUT2D eigenvalue weighted by molar-refractivity contribution is 0.710. The van der Waals surface area contributed by atoms with Crippen molar-refractivity contribution in [3.63, 3.8) is 0 Å². The molecule has 82 valence electrons. The summed E-state index contributed by atoms with van der Waals surface area (Å²) >= 11 is 7.34. The van der Waals surface area contributed by atoms with Crippen LogP contribution in [-0.4, -0.2) is 0 Å². The smallest absolute Gasteiger partial charge is 0.0355 e. The third kappa shape index (κ3) is 1.52. The van der Waals surface area contributed by atoms with Crippen molar-refractivity contribution >= 4 is 31.9 Å². The molecule has 0 N–H and O–H groups in total. The summed E-state index contributed by atoms with van der Waals surface area (Å²) in [5.74, 6) is 1.69. The fourth-order valence-corrected chi connectivity index (χ4v) is 4.45. The summed E-state index contributed by atoms with van der Waals surface area (Å²) < 4.78 is 2.53. The van der Waals surface area contributed by atoms with E-state index in [4.69, 9.17) is 0 Å². The molecule has 0 radical (unpaired) electrons. The first-order valence-electron chi connectivity index (χ1n) is 5.17. The molecule has 1 aromatic carbocycles. The van der Waals surface area contributed by atoms with Crippen LogP contribution in [-0.2, 0) is 0 Å². The molecule has 0 nitrogen and oxygen atoms in total. The van der Waals surface area contributed by atoms with Crippen molar-refractivity contribution in [2.75, 3.05) is 0 Å². The molecule has 0 aromatic heterocycles. The fraction of sp³-hybridized carbons (Fsp3) is 0.538. The van der Waals surface area contributed by atoms with Gasteiger partial charge in [0.15, 0.2) is 0 Å². The van der Waals surface area contributed by atoms with Gasteiger partial charge in [-0.15, -0.1) is 0 Å². The molecule has 0 saturated heterocycles. The second-order valence-electron chi connectivity index (χ2n) is 4.52. The molecular weight excluding hydrogens is 316 g/mol. The molecule has 1 aromatic rings. The normalized spacial score (nSPS) is 26.3. The summed E-state index contributed by atoms with van der Waals surface area (Å²) in [7, 11) is 0. The van der Waals surface area contributed by atoms with E-state index < -0.39 is 0 Å². The van der Waals surface area contributed by atoms with E-state index in [1.807, 2.05) is 0 Å². The molecule has 2 unspecified atom stereocenters. The predicted octanol–water partition coefficient (Wildman–Crippen LogP) is 5.52. The standard InChI is InChI=1S/C12H12Br2.CH4/c1-6-4-9(13)12(14)11-8-3-2-7(5-8)10(6)11;/h4,7-8H,2-3,5H2,1H3;1H4. The number of hydrogen-bond donors (Lipinski definition) is 0. The highest BCUT2D eigenvalue weighted by Gasteiger charge is 2.39. The molecule has 0 spiro atoms. The molecule has 2 aliphatic rings. The van der Waals surface area contributed by atoms with E-state index in [0.717, 1.165) is 11.8 Å². The topological polar surface area (TPSA) is 0 Å². The van der Waals surface area contributed by atoms with Crippen LogP contribution in [0.2, 0.25) is 0 Å². The maximum atomic E-state index is 3.72. The van der Waals surface area contributed by atoms with Gasteiger partial charge in [0.1, 0.15) is 0 Å². The van der Waals surface area contributed by atoms with Gasteiger partial charge in [-0.3, -0.25) is 0 Å². The van der Waals surface area contributed by atoms with Crippen LogP contribution in [0.25, 0.3) is 0 Å². The summed E-state index contributed by atoms with van der Waals surface area (Å²) in [6.07, 6.45) is 4.20. The third-order valence-electron chi connectivity index (χ3n) is 3.75. The van der Waals surface area contributed by atoms with Crippen molar-refractivity contribution in [2.45, 2.75) is 45.4 Å². The molecule has 1 saturated carbocycles. The maximum Gasteiger partial charge on any atom is 0.0355 e. The summed E-state index contributed by atoms with van der Waals surface area (Å²) in [5, 5.41) is 0. The van der Waals surface area contributed by atoms with Crippen LogP contribution in [0.15, 0.2) is 15.0 Å². The van der Waals surface area contributed by atoms with E-state index in [1.165, 1.54) is 33.8 Å². The SMILES string of the molecule is C.Cc1cc(Br)c(Br)c2c1C1CCC2C1. The minimum Gasteiger partial charge on any atom is -0.0776 e. The summed E-state index contributed by atoms with van der Waals surface area (Å²) in [5.41, 5.74) is 4.73. The van der Waals surface area contributed by atoms with Crippen LogP contribution in [0.5, 0.6) is 0 Å². The van der Waals surface area contributed by atoms with Gasteiger partial charge in [-0.25, -0.2) is 0 Å². The van der Waals surface area contributed by atoms with E-state index in [2.05, 4.69) is 44.8 Å². The maximum absolute atomic E-state index is 3.72. The van der Waals surface area contributed by atoms with Crippen LogP contribution in [0, 0.1) is 6.92 Å². The molecule has 0 heterocycles. The monoisotopic (exact) mass is 330 g/mol. The molecule has 2 aliphatic carbocycles. The molecule has 0 aliphatic heterocycles. The van der Waals surface area contributed by atoms with E-state index in [1.54, 1.807) is 11.1 Å². The van der Waals surface area contributed by atoms with E-state index in [-0.39, 0.29) is 7.43 Å². The van der Waals surface area contributed by atoms with Crippen LogP contribution in [0.4, 0.5) is 0 Å². The Morgan fingerprint density at radius 1 is 1.13 bits per heavy atom. The Hall–Kier alpha value is 0.180. The Labute approximate surface area is 109 Å². The average Bonchev–Trinajstić information content (AvgIpc) is 2.73. The Morgan fingerprint density at radius 2 is 1.73 bits per heavy atom. The van der Waals surface area contributed by atoms with Crippen molar-refractivity contribution in [1.82, 2.24) is 0 Å². The lowest BCUT2D eigenvalue weighted by Gasteiger charge is -2.20. The molecule has 3 rings (SSSR count). The van der Waals surface area contributed by atoms with Gasteiger partial charge < -0.3 is 0 Å². The average molecular weight is 332 g/mol. The molecule has 2 heteroatoms. The minimum atomic E-state index is 0. The number of hydrogen-bond acceptors (Lipinski definition) is 0. The van der Waals surface area contributed by atoms with Crippen molar-refractivity contribution in [1.29, 1.82) is 0 Å². The second-order valence-corrected chi connectivity index (χ2v) is 6.17. The zero-order valence-electron chi connectivity index (χ0n) is 8.11. The highest BCUT2D eigenvalue weighted by molar-refractivity contribution is 9.13. The van der Waals surface area contributed by atoms with E-state index in [9.17, 15) is 0 Å². The van der Waals surface area contributed by atoms with Crippen molar-refractivity contribution in [2.24, 2.45) is 0 Å². The lowest BCUT2D eigenvalue weighted by atomic mass is 9.89. The summed E-state index contributed by atoms with van der Waals surface area (Å²) in [6.45, 7) is 2.25. The van der Waals surface area contributed by atoms with Gasteiger partial charge in [0.2, 0.25) is 0 Å². The Bertz CT molecular complexity index is 409. The fourth-order valence-electron chi connectivity index (χ4n) is 3.24. The van der Waals surface area contributed by atoms with Crippen molar-refractivity contribution in [3.05, 3.63) is 31.7 Å². The number of rotatable bonds is 0. The third-order valence-corrected chi connectivity index (χ3v) is 5.77. The molecule has 2 atom stereocenters. The summed E-state index contributed by atoms with van der Waals surface area (Å²) in [4.78, 5) is 0. The van der Waals surface area contributed by atoms with Crippen LogP contribution in [0.3, 0.4) is 0 Å². The van der Waals surface area contributed by atoms with Crippen LogP contribution < -0.4 is 0 Å². The van der Waals surface area contributed by atoms with Gasteiger partial charge in [-0.05, 0) is 92.6 Å². The quantitative estimate of drug-likeness (QED) is 0.587. The van der Waals surface area contributed by atoms with E-state index in [0.29, 0.717) is 0 Å². The number of aryl methyl sites for hydroxylation is 1. The van der Waals surface area contributed by atoms with Crippen LogP contribution in [0.1, 0.15) is 55.2 Å². The molecule has 0 amide bonds. The van der Waals surface area contributed by atoms with Crippen LogP contribution >= 0.6 is 31.9 Å². The molecule has 2 bridgehead atoms. The zero-order valence-corrected chi connectivity index (χ0v) is 11.3. The van der Waals surface area contributed by atoms with Gasteiger partial charge >= 0.3 is 0 Å². The highest BCUT2D eigenvalue weighted by Crippen LogP contribution is 2.57. The van der Waals surface area contributed by atoms with E-state index >= 15 is 0 Å². The lowest BCUT2D eigenvalue weighted by Crippen LogP contribution is -2.02. The molecule has 15 heavy (non-hydrogen) atoms. The molecular formula is C13H16Br2. The Kier molecular flexibility index (Phi) is 3.02. The zero-order chi connectivity index (χ0) is 9.87. The Balaban J connectivity index is 0.000000853.